The van der Waals surface area contributed by atoms with Gasteiger partial charge in [0.05, 0.1) is 5.69 Å². The largest absolute Gasteiger partial charge is 0.396 e. The number of carbonyl (C=O) groups is 1. The molecule has 6 nitrogen and oxygen atoms in total. The maximum Gasteiger partial charge on any atom is 0.242 e. The Bertz CT molecular complexity index is 399. The molecule has 0 aliphatic heterocycles. The number of aromatic nitrogens is 3. The number of hydrogen-bond acceptors (Lipinski definition) is 4. The molecule has 1 saturated carbocycles. The van der Waals surface area contributed by atoms with Crippen molar-refractivity contribution < 1.29 is 9.90 Å². The van der Waals surface area contributed by atoms with Gasteiger partial charge in [-0.25, -0.2) is 4.68 Å². The van der Waals surface area contributed by atoms with E-state index in [9.17, 15) is 4.79 Å². The van der Waals surface area contributed by atoms with Gasteiger partial charge in [-0.1, -0.05) is 24.5 Å². The van der Waals surface area contributed by atoms with E-state index in [2.05, 4.69) is 15.6 Å². The van der Waals surface area contributed by atoms with E-state index in [0.29, 0.717) is 18.9 Å². The van der Waals surface area contributed by atoms with E-state index in [0.717, 1.165) is 18.5 Å². The lowest BCUT2D eigenvalue weighted by atomic mass is 9.95. The average Bonchev–Trinajstić information content (AvgIpc) is 2.85. The topological polar surface area (TPSA) is 80.0 Å². The molecule has 0 atom stereocenters. The summed E-state index contributed by atoms with van der Waals surface area (Å²) in [5.41, 5.74) is 0.819. The van der Waals surface area contributed by atoms with Crippen LogP contribution in [0, 0.1) is 0 Å². The third-order valence-electron chi connectivity index (χ3n) is 3.45. The summed E-state index contributed by atoms with van der Waals surface area (Å²) in [5.74, 6) is 0.00510. The maximum atomic E-state index is 11.9. The minimum atomic E-state index is 0.00510. The second-order valence-corrected chi connectivity index (χ2v) is 5.14. The van der Waals surface area contributed by atoms with Crippen LogP contribution in [0.25, 0.3) is 0 Å². The van der Waals surface area contributed by atoms with Gasteiger partial charge in [0.1, 0.15) is 6.54 Å². The average molecular weight is 266 g/mol. The molecule has 1 aliphatic rings. The highest BCUT2D eigenvalue weighted by Crippen LogP contribution is 2.17. The summed E-state index contributed by atoms with van der Waals surface area (Å²) >= 11 is 0. The lowest BCUT2D eigenvalue weighted by Gasteiger charge is -2.22. The van der Waals surface area contributed by atoms with Gasteiger partial charge in [0, 0.05) is 18.8 Å². The van der Waals surface area contributed by atoms with E-state index in [-0.39, 0.29) is 19.1 Å². The van der Waals surface area contributed by atoms with Crippen molar-refractivity contribution in [1.29, 1.82) is 0 Å². The van der Waals surface area contributed by atoms with Crippen molar-refractivity contribution in [2.75, 3.05) is 6.61 Å². The van der Waals surface area contributed by atoms with Crippen LogP contribution in [0.3, 0.4) is 0 Å². The number of carbonyl (C=O) groups excluding carboxylic acids is 1. The van der Waals surface area contributed by atoms with E-state index in [1.165, 1.54) is 19.3 Å². The van der Waals surface area contributed by atoms with Gasteiger partial charge in [-0.15, -0.1) is 5.10 Å². The van der Waals surface area contributed by atoms with Crippen molar-refractivity contribution in [3.05, 3.63) is 11.9 Å². The van der Waals surface area contributed by atoms with Crippen molar-refractivity contribution in [2.45, 2.75) is 57.5 Å². The fourth-order valence-electron chi connectivity index (χ4n) is 2.46. The highest BCUT2D eigenvalue weighted by Gasteiger charge is 2.16. The van der Waals surface area contributed by atoms with Crippen LogP contribution in [0.1, 0.15) is 44.2 Å². The van der Waals surface area contributed by atoms with Gasteiger partial charge in [0.2, 0.25) is 5.91 Å². The summed E-state index contributed by atoms with van der Waals surface area (Å²) in [4.78, 5) is 11.9. The van der Waals surface area contributed by atoms with Crippen LogP contribution in [-0.4, -0.2) is 38.7 Å². The number of aryl methyl sites for hydroxylation is 1. The van der Waals surface area contributed by atoms with Crippen LogP contribution in [0.15, 0.2) is 6.20 Å². The Hall–Kier alpha value is -1.43. The number of nitrogens with one attached hydrogen (secondary N) is 1. The lowest BCUT2D eigenvalue weighted by Crippen LogP contribution is -2.38. The van der Waals surface area contributed by atoms with Crippen molar-refractivity contribution >= 4 is 5.91 Å². The molecule has 1 heterocycles. The summed E-state index contributed by atoms with van der Waals surface area (Å²) in [7, 11) is 0. The van der Waals surface area contributed by atoms with Gasteiger partial charge in [0.15, 0.2) is 0 Å². The second kappa shape index (κ2) is 7.23. The molecule has 106 valence electrons. The highest BCUT2D eigenvalue weighted by molar-refractivity contribution is 5.75. The molecule has 0 bridgehead atoms. The summed E-state index contributed by atoms with van der Waals surface area (Å²) in [6.07, 6.45) is 9.02. The number of aliphatic hydroxyl groups is 1. The zero-order valence-corrected chi connectivity index (χ0v) is 11.2. The number of nitrogens with zero attached hydrogens (tertiary/aromatic N) is 3. The smallest absolute Gasteiger partial charge is 0.242 e. The molecule has 19 heavy (non-hydrogen) atoms. The van der Waals surface area contributed by atoms with Crippen molar-refractivity contribution in [1.82, 2.24) is 20.3 Å². The Morgan fingerprint density at radius 1 is 1.42 bits per heavy atom. The molecule has 0 spiro atoms. The standard InChI is InChI=1S/C13H22N4O2/c18-8-4-7-12-9-17(16-15-12)10-13(19)14-11-5-2-1-3-6-11/h9,11,18H,1-8,10H2,(H,14,19). The molecule has 0 saturated heterocycles. The molecule has 1 aliphatic carbocycles. The number of rotatable bonds is 6. The molecule has 2 rings (SSSR count). The summed E-state index contributed by atoms with van der Waals surface area (Å²) in [5, 5.41) is 19.7. The van der Waals surface area contributed by atoms with Gasteiger partial charge in [0.25, 0.3) is 0 Å². The Morgan fingerprint density at radius 3 is 2.95 bits per heavy atom. The SMILES string of the molecule is O=C(Cn1cc(CCCO)nn1)NC1CCCCC1. The minimum absolute atomic E-state index is 0.00510. The maximum absolute atomic E-state index is 11.9. The molecule has 2 N–H and O–H groups in total. The molecule has 6 heteroatoms. The third kappa shape index (κ3) is 4.63. The first-order valence-corrected chi connectivity index (χ1v) is 7.07. The van der Waals surface area contributed by atoms with Gasteiger partial charge in [-0.2, -0.15) is 0 Å². The van der Waals surface area contributed by atoms with E-state index in [1.807, 2.05) is 0 Å². The second-order valence-electron chi connectivity index (χ2n) is 5.14. The zero-order chi connectivity index (χ0) is 13.5. The van der Waals surface area contributed by atoms with Crippen LogP contribution < -0.4 is 5.32 Å². The molecule has 1 amide bonds. The van der Waals surface area contributed by atoms with Crippen LogP contribution in [0.5, 0.6) is 0 Å². The predicted molar refractivity (Wildman–Crippen MR) is 70.4 cm³/mol. The van der Waals surface area contributed by atoms with Gasteiger partial charge >= 0.3 is 0 Å². The van der Waals surface area contributed by atoms with Crippen molar-refractivity contribution in [3.8, 4) is 0 Å². The van der Waals surface area contributed by atoms with E-state index in [4.69, 9.17) is 5.11 Å². The molecule has 0 unspecified atom stereocenters. The summed E-state index contributed by atoms with van der Waals surface area (Å²) in [6, 6.07) is 0.332. The van der Waals surface area contributed by atoms with Crippen LogP contribution in [-0.2, 0) is 17.8 Å². The summed E-state index contributed by atoms with van der Waals surface area (Å²) < 4.78 is 1.56. The number of amides is 1. The van der Waals surface area contributed by atoms with Crippen LogP contribution in [0.4, 0.5) is 0 Å². The molecule has 0 radical (unpaired) electrons. The Kier molecular flexibility index (Phi) is 5.32. The van der Waals surface area contributed by atoms with Gasteiger partial charge in [-0.3, -0.25) is 4.79 Å². The quantitative estimate of drug-likeness (QED) is 0.792. The number of aliphatic hydroxyl groups excluding tert-OH is 1. The zero-order valence-electron chi connectivity index (χ0n) is 11.2. The molecule has 1 aromatic heterocycles. The van der Waals surface area contributed by atoms with E-state index < -0.39 is 0 Å². The normalized spacial score (nSPS) is 16.5. The van der Waals surface area contributed by atoms with E-state index >= 15 is 0 Å². The van der Waals surface area contributed by atoms with Crippen molar-refractivity contribution in [3.63, 3.8) is 0 Å². The Balaban J connectivity index is 1.76. The minimum Gasteiger partial charge on any atom is -0.396 e. The predicted octanol–water partition coefficient (Wildman–Crippen LogP) is 0.652. The summed E-state index contributed by atoms with van der Waals surface area (Å²) in [6.45, 7) is 0.373. The molecule has 0 aromatic carbocycles. The van der Waals surface area contributed by atoms with Crippen LogP contribution >= 0.6 is 0 Å². The van der Waals surface area contributed by atoms with Gasteiger partial charge in [-0.05, 0) is 25.7 Å². The molecule has 1 aromatic rings. The first-order valence-electron chi connectivity index (χ1n) is 7.07. The fourth-order valence-corrected chi connectivity index (χ4v) is 2.46. The monoisotopic (exact) mass is 266 g/mol. The highest BCUT2D eigenvalue weighted by atomic mass is 16.2. The Morgan fingerprint density at radius 2 is 2.21 bits per heavy atom. The lowest BCUT2D eigenvalue weighted by molar-refractivity contribution is -0.122. The van der Waals surface area contributed by atoms with Gasteiger partial charge < -0.3 is 10.4 Å². The first kappa shape index (κ1) is 14.0. The number of hydrogen-bond donors (Lipinski definition) is 2. The molecular weight excluding hydrogens is 244 g/mol. The molecule has 1 fully saturated rings. The van der Waals surface area contributed by atoms with E-state index in [1.54, 1.807) is 10.9 Å². The Labute approximate surface area is 113 Å². The van der Waals surface area contributed by atoms with Crippen LogP contribution in [0.2, 0.25) is 0 Å². The third-order valence-corrected chi connectivity index (χ3v) is 3.45. The molecular formula is C13H22N4O2. The fraction of sp³-hybridized carbons (Fsp3) is 0.769. The van der Waals surface area contributed by atoms with Crippen molar-refractivity contribution in [2.24, 2.45) is 0 Å². The first-order chi connectivity index (χ1) is 9.28.